The van der Waals surface area contributed by atoms with Gasteiger partial charge in [-0.05, 0) is 44.2 Å². The minimum atomic E-state index is 0.658. The average Bonchev–Trinajstić information content (AvgIpc) is 2.76. The Kier molecular flexibility index (Phi) is 4.20. The first-order chi connectivity index (χ1) is 8.69. The van der Waals surface area contributed by atoms with E-state index in [4.69, 9.17) is 14.9 Å². The summed E-state index contributed by atoms with van der Waals surface area (Å²) in [6, 6.07) is 9.70. The number of hydrogen-bond donors (Lipinski definition) is 1. The lowest BCUT2D eigenvalue weighted by molar-refractivity contribution is 0.339. The highest BCUT2D eigenvalue weighted by molar-refractivity contribution is 7.98. The zero-order valence-electron chi connectivity index (χ0n) is 10.6. The van der Waals surface area contributed by atoms with E-state index in [9.17, 15) is 0 Å². The van der Waals surface area contributed by atoms with Gasteiger partial charge < -0.3 is 14.9 Å². The zero-order valence-corrected chi connectivity index (χ0v) is 11.4. The van der Waals surface area contributed by atoms with E-state index in [1.54, 1.807) is 11.8 Å². The summed E-state index contributed by atoms with van der Waals surface area (Å²) in [6.07, 6.45) is 0. The molecule has 1 aromatic carbocycles. The molecule has 4 heteroatoms. The smallest absolute Gasteiger partial charge is 0.120 e. The summed E-state index contributed by atoms with van der Waals surface area (Å²) < 4.78 is 11.0. The van der Waals surface area contributed by atoms with Crippen molar-refractivity contribution in [1.29, 1.82) is 0 Å². The Morgan fingerprint density at radius 1 is 1.28 bits per heavy atom. The maximum Gasteiger partial charge on any atom is 0.120 e. The van der Waals surface area contributed by atoms with Gasteiger partial charge in [0.25, 0.3) is 0 Å². The van der Waals surface area contributed by atoms with E-state index in [1.807, 2.05) is 44.2 Å². The number of rotatable bonds is 5. The Morgan fingerprint density at radius 3 is 2.78 bits per heavy atom. The SMILES string of the molecule is CCOc1ccc(N)c(SCc2ccc(C)o2)c1. The van der Waals surface area contributed by atoms with Crippen molar-refractivity contribution in [2.24, 2.45) is 0 Å². The monoisotopic (exact) mass is 263 g/mol. The van der Waals surface area contributed by atoms with Crippen molar-refractivity contribution < 1.29 is 9.15 Å². The fourth-order valence-electron chi connectivity index (χ4n) is 1.61. The van der Waals surface area contributed by atoms with Crippen molar-refractivity contribution in [2.75, 3.05) is 12.3 Å². The molecule has 1 aromatic heterocycles. The van der Waals surface area contributed by atoms with Crippen LogP contribution in [0.1, 0.15) is 18.4 Å². The van der Waals surface area contributed by atoms with E-state index in [2.05, 4.69) is 0 Å². The van der Waals surface area contributed by atoms with Crippen LogP contribution in [0.5, 0.6) is 5.75 Å². The van der Waals surface area contributed by atoms with Crippen LogP contribution in [0.4, 0.5) is 5.69 Å². The van der Waals surface area contributed by atoms with Gasteiger partial charge in [-0.15, -0.1) is 11.8 Å². The van der Waals surface area contributed by atoms with Crippen LogP contribution in [0.25, 0.3) is 0 Å². The van der Waals surface area contributed by atoms with Gasteiger partial charge in [0.2, 0.25) is 0 Å². The summed E-state index contributed by atoms with van der Waals surface area (Å²) in [4.78, 5) is 1.02. The summed E-state index contributed by atoms with van der Waals surface area (Å²) in [5.41, 5.74) is 6.72. The van der Waals surface area contributed by atoms with E-state index in [0.717, 1.165) is 33.6 Å². The van der Waals surface area contributed by atoms with Crippen molar-refractivity contribution in [3.63, 3.8) is 0 Å². The first kappa shape index (κ1) is 12.9. The first-order valence-corrected chi connectivity index (χ1v) is 6.88. The van der Waals surface area contributed by atoms with E-state index in [-0.39, 0.29) is 0 Å². The van der Waals surface area contributed by atoms with Crippen molar-refractivity contribution in [2.45, 2.75) is 24.5 Å². The predicted molar refractivity (Wildman–Crippen MR) is 75.0 cm³/mol. The predicted octanol–water partition coefficient (Wildman–Crippen LogP) is 3.86. The molecule has 2 rings (SSSR count). The lowest BCUT2D eigenvalue weighted by Crippen LogP contribution is -1.94. The summed E-state index contributed by atoms with van der Waals surface area (Å²) >= 11 is 1.65. The van der Waals surface area contributed by atoms with Crippen LogP contribution < -0.4 is 10.5 Å². The largest absolute Gasteiger partial charge is 0.494 e. The van der Waals surface area contributed by atoms with E-state index in [0.29, 0.717) is 6.61 Å². The molecular formula is C14H17NO2S. The molecule has 0 spiro atoms. The first-order valence-electron chi connectivity index (χ1n) is 5.89. The number of aryl methyl sites for hydroxylation is 1. The van der Waals surface area contributed by atoms with Gasteiger partial charge in [-0.3, -0.25) is 0 Å². The lowest BCUT2D eigenvalue weighted by Gasteiger charge is -2.08. The van der Waals surface area contributed by atoms with Crippen LogP contribution >= 0.6 is 11.8 Å². The highest BCUT2D eigenvalue weighted by Gasteiger charge is 2.05. The topological polar surface area (TPSA) is 48.4 Å². The van der Waals surface area contributed by atoms with Gasteiger partial charge in [0, 0.05) is 10.6 Å². The van der Waals surface area contributed by atoms with Gasteiger partial charge in [-0.2, -0.15) is 0 Å². The van der Waals surface area contributed by atoms with Gasteiger partial charge in [0.05, 0.1) is 12.4 Å². The Bertz CT molecular complexity index is 522. The van der Waals surface area contributed by atoms with Crippen LogP contribution in [0.15, 0.2) is 39.6 Å². The normalized spacial score (nSPS) is 10.6. The van der Waals surface area contributed by atoms with Crippen LogP contribution in [0.3, 0.4) is 0 Å². The van der Waals surface area contributed by atoms with E-state index in [1.165, 1.54) is 0 Å². The number of anilines is 1. The lowest BCUT2D eigenvalue weighted by atomic mass is 10.3. The fourth-order valence-corrected chi connectivity index (χ4v) is 2.49. The van der Waals surface area contributed by atoms with Crippen LogP contribution in [-0.2, 0) is 5.75 Å². The summed E-state index contributed by atoms with van der Waals surface area (Å²) in [5.74, 6) is 3.51. The molecule has 96 valence electrons. The van der Waals surface area contributed by atoms with Gasteiger partial charge in [-0.25, -0.2) is 0 Å². The standard InChI is InChI=1S/C14H17NO2S/c1-3-16-11-6-7-13(15)14(8-11)18-9-12-5-4-10(2)17-12/h4-8H,3,9,15H2,1-2H3. The summed E-state index contributed by atoms with van der Waals surface area (Å²) in [5, 5.41) is 0. The minimum Gasteiger partial charge on any atom is -0.494 e. The number of thioether (sulfide) groups is 1. The fraction of sp³-hybridized carbons (Fsp3) is 0.286. The second kappa shape index (κ2) is 5.87. The van der Waals surface area contributed by atoms with Gasteiger partial charge in [0.15, 0.2) is 0 Å². The van der Waals surface area contributed by atoms with Crippen LogP contribution in [0.2, 0.25) is 0 Å². The molecule has 1 heterocycles. The molecule has 2 N–H and O–H groups in total. The highest BCUT2D eigenvalue weighted by atomic mass is 32.2. The van der Waals surface area contributed by atoms with Gasteiger partial charge in [0.1, 0.15) is 17.3 Å². The molecule has 2 aromatic rings. The van der Waals surface area contributed by atoms with E-state index >= 15 is 0 Å². The van der Waals surface area contributed by atoms with Crippen molar-refractivity contribution in [3.05, 3.63) is 41.9 Å². The molecule has 0 fully saturated rings. The third-order valence-electron chi connectivity index (χ3n) is 2.46. The van der Waals surface area contributed by atoms with Crippen molar-refractivity contribution in [3.8, 4) is 5.75 Å². The molecule has 0 aliphatic carbocycles. The Hall–Kier alpha value is -1.55. The van der Waals surface area contributed by atoms with Crippen LogP contribution in [-0.4, -0.2) is 6.61 Å². The zero-order chi connectivity index (χ0) is 13.0. The number of furan rings is 1. The second-order valence-electron chi connectivity index (χ2n) is 3.93. The second-order valence-corrected chi connectivity index (χ2v) is 4.95. The number of hydrogen-bond acceptors (Lipinski definition) is 4. The van der Waals surface area contributed by atoms with Crippen molar-refractivity contribution >= 4 is 17.4 Å². The molecule has 3 nitrogen and oxygen atoms in total. The molecule has 0 aliphatic rings. The Morgan fingerprint density at radius 2 is 2.11 bits per heavy atom. The molecule has 0 unspecified atom stereocenters. The number of ether oxygens (including phenoxy) is 1. The molecule has 18 heavy (non-hydrogen) atoms. The van der Waals surface area contributed by atoms with Gasteiger partial charge >= 0.3 is 0 Å². The molecule has 0 saturated heterocycles. The molecule has 0 radical (unpaired) electrons. The third kappa shape index (κ3) is 3.23. The quantitative estimate of drug-likeness (QED) is 0.657. The Balaban J connectivity index is 2.05. The maximum absolute atomic E-state index is 5.95. The number of nitrogen functional groups attached to an aromatic ring is 1. The molecule has 0 amide bonds. The van der Waals surface area contributed by atoms with Gasteiger partial charge in [-0.1, -0.05) is 0 Å². The summed E-state index contributed by atoms with van der Waals surface area (Å²) in [7, 11) is 0. The summed E-state index contributed by atoms with van der Waals surface area (Å²) in [6.45, 7) is 4.57. The third-order valence-corrected chi connectivity index (χ3v) is 3.56. The average molecular weight is 263 g/mol. The minimum absolute atomic E-state index is 0.658. The maximum atomic E-state index is 5.95. The Labute approximate surface area is 111 Å². The van der Waals surface area contributed by atoms with E-state index < -0.39 is 0 Å². The molecule has 0 bridgehead atoms. The number of benzene rings is 1. The molecule has 0 saturated carbocycles. The molecular weight excluding hydrogens is 246 g/mol. The highest BCUT2D eigenvalue weighted by Crippen LogP contribution is 2.31. The van der Waals surface area contributed by atoms with Crippen molar-refractivity contribution in [1.82, 2.24) is 0 Å². The molecule has 0 atom stereocenters. The van der Waals surface area contributed by atoms with Crippen LogP contribution in [0, 0.1) is 6.92 Å². The molecule has 0 aliphatic heterocycles. The number of nitrogens with two attached hydrogens (primary N) is 1.